The fraction of sp³-hybridized carbons (Fsp3) is 0.818. The highest BCUT2D eigenvalue weighted by atomic mass is 16.2. The number of carbonyl (C=O) groups is 2. The Balaban J connectivity index is 3.74. The third kappa shape index (κ3) is 6.63. The maximum absolute atomic E-state index is 11.1. The van der Waals surface area contributed by atoms with E-state index in [-0.39, 0.29) is 17.7 Å². The van der Waals surface area contributed by atoms with Gasteiger partial charge in [-0.3, -0.25) is 9.59 Å². The van der Waals surface area contributed by atoms with E-state index in [2.05, 4.69) is 12.2 Å². The van der Waals surface area contributed by atoms with E-state index in [4.69, 9.17) is 0 Å². The topological polar surface area (TPSA) is 46.2 Å². The molecule has 0 aliphatic rings. The number of Topliss-reactive ketones (excluding diaryl/α,β-unsaturated/α-hetero) is 1. The van der Waals surface area contributed by atoms with Crippen molar-refractivity contribution in [2.24, 2.45) is 0 Å². The Kier molecular flexibility index (Phi) is 7.07. The van der Waals surface area contributed by atoms with Crippen LogP contribution in [0.4, 0.5) is 0 Å². The Bertz CT molecular complexity index is 190. The SMILES string of the molecule is CCCCCC[C@H](NC(C)=O)C(C)=O. The predicted molar refractivity (Wildman–Crippen MR) is 57.0 cm³/mol. The molecular formula is C11H21NO2. The molecule has 82 valence electrons. The van der Waals surface area contributed by atoms with E-state index >= 15 is 0 Å². The van der Waals surface area contributed by atoms with Gasteiger partial charge in [0.15, 0.2) is 5.78 Å². The van der Waals surface area contributed by atoms with Crippen LogP contribution in [0, 0.1) is 0 Å². The summed E-state index contributed by atoms with van der Waals surface area (Å²) in [6, 6.07) is -0.274. The van der Waals surface area contributed by atoms with Gasteiger partial charge in [0, 0.05) is 6.92 Å². The number of ketones is 1. The van der Waals surface area contributed by atoms with Crippen LogP contribution in [0.25, 0.3) is 0 Å². The number of hydrogen-bond acceptors (Lipinski definition) is 2. The summed E-state index contributed by atoms with van der Waals surface area (Å²) in [7, 11) is 0. The Morgan fingerprint density at radius 3 is 2.21 bits per heavy atom. The van der Waals surface area contributed by atoms with Gasteiger partial charge in [-0.1, -0.05) is 32.6 Å². The number of amides is 1. The monoisotopic (exact) mass is 199 g/mol. The second-order valence-corrected chi connectivity index (χ2v) is 3.71. The number of nitrogens with one attached hydrogen (secondary N) is 1. The lowest BCUT2D eigenvalue weighted by molar-refractivity contribution is -0.125. The van der Waals surface area contributed by atoms with E-state index in [0.29, 0.717) is 0 Å². The summed E-state index contributed by atoms with van der Waals surface area (Å²) in [5, 5.41) is 2.67. The molecule has 0 saturated heterocycles. The molecule has 0 heterocycles. The summed E-state index contributed by atoms with van der Waals surface area (Å²) in [5.74, 6) is -0.0719. The summed E-state index contributed by atoms with van der Waals surface area (Å²) in [4.78, 5) is 21.9. The van der Waals surface area contributed by atoms with Gasteiger partial charge in [0.2, 0.25) is 5.91 Å². The first-order valence-corrected chi connectivity index (χ1v) is 5.35. The Hall–Kier alpha value is -0.860. The molecule has 0 fully saturated rings. The molecule has 3 heteroatoms. The fourth-order valence-corrected chi connectivity index (χ4v) is 1.40. The van der Waals surface area contributed by atoms with Gasteiger partial charge in [0.1, 0.15) is 0 Å². The lowest BCUT2D eigenvalue weighted by Gasteiger charge is -2.14. The molecule has 0 bridgehead atoms. The van der Waals surface area contributed by atoms with Crippen molar-refractivity contribution < 1.29 is 9.59 Å². The normalized spacial score (nSPS) is 12.2. The number of hydrogen-bond donors (Lipinski definition) is 1. The van der Waals surface area contributed by atoms with Crippen molar-refractivity contribution in [1.82, 2.24) is 5.32 Å². The Labute approximate surface area is 86.3 Å². The van der Waals surface area contributed by atoms with Crippen LogP contribution in [0.2, 0.25) is 0 Å². The summed E-state index contributed by atoms with van der Waals surface area (Å²) in [6.07, 6.45) is 5.31. The molecule has 0 spiro atoms. The molecule has 1 N–H and O–H groups in total. The lowest BCUT2D eigenvalue weighted by Crippen LogP contribution is -2.38. The molecule has 1 atom stereocenters. The van der Waals surface area contributed by atoms with E-state index in [9.17, 15) is 9.59 Å². The van der Waals surface area contributed by atoms with Crippen LogP contribution >= 0.6 is 0 Å². The zero-order chi connectivity index (χ0) is 11.0. The average molecular weight is 199 g/mol. The van der Waals surface area contributed by atoms with Gasteiger partial charge in [0.25, 0.3) is 0 Å². The van der Waals surface area contributed by atoms with Gasteiger partial charge in [-0.05, 0) is 13.3 Å². The van der Waals surface area contributed by atoms with Crippen LogP contribution in [-0.2, 0) is 9.59 Å². The maximum Gasteiger partial charge on any atom is 0.217 e. The highest BCUT2D eigenvalue weighted by molar-refractivity contribution is 5.86. The highest BCUT2D eigenvalue weighted by Crippen LogP contribution is 2.06. The smallest absolute Gasteiger partial charge is 0.217 e. The zero-order valence-corrected chi connectivity index (χ0v) is 9.43. The minimum Gasteiger partial charge on any atom is -0.347 e. The molecule has 0 rings (SSSR count). The van der Waals surface area contributed by atoms with Gasteiger partial charge in [-0.2, -0.15) is 0 Å². The predicted octanol–water partition coefficient (Wildman–Crippen LogP) is 2.05. The standard InChI is InChI=1S/C11H21NO2/c1-4-5-6-7-8-11(9(2)13)12-10(3)14/h11H,4-8H2,1-3H3,(H,12,14)/t11-/m0/s1. The Morgan fingerprint density at radius 2 is 1.79 bits per heavy atom. The summed E-state index contributed by atoms with van der Waals surface area (Å²) in [5.41, 5.74) is 0. The fourth-order valence-electron chi connectivity index (χ4n) is 1.40. The minimum absolute atomic E-state index is 0.0525. The maximum atomic E-state index is 11.1. The van der Waals surface area contributed by atoms with E-state index in [1.807, 2.05) is 0 Å². The van der Waals surface area contributed by atoms with Crippen LogP contribution < -0.4 is 5.32 Å². The molecule has 0 saturated carbocycles. The van der Waals surface area contributed by atoms with Crippen LogP contribution in [0.15, 0.2) is 0 Å². The minimum atomic E-state index is -0.274. The van der Waals surface area contributed by atoms with Gasteiger partial charge in [0.05, 0.1) is 6.04 Å². The van der Waals surface area contributed by atoms with Crippen LogP contribution in [0.3, 0.4) is 0 Å². The molecule has 0 aromatic rings. The zero-order valence-electron chi connectivity index (χ0n) is 9.43. The first-order valence-electron chi connectivity index (χ1n) is 5.35. The molecule has 3 nitrogen and oxygen atoms in total. The molecule has 0 aromatic carbocycles. The third-order valence-corrected chi connectivity index (χ3v) is 2.21. The van der Waals surface area contributed by atoms with Gasteiger partial charge >= 0.3 is 0 Å². The van der Waals surface area contributed by atoms with Crippen molar-refractivity contribution in [2.75, 3.05) is 0 Å². The van der Waals surface area contributed by atoms with Crippen molar-refractivity contribution >= 4 is 11.7 Å². The summed E-state index contributed by atoms with van der Waals surface area (Å²) >= 11 is 0. The van der Waals surface area contributed by atoms with Gasteiger partial charge in [-0.25, -0.2) is 0 Å². The molecule has 0 aliphatic carbocycles. The second kappa shape index (κ2) is 7.54. The van der Waals surface area contributed by atoms with Crippen molar-refractivity contribution in [1.29, 1.82) is 0 Å². The molecular weight excluding hydrogens is 178 g/mol. The van der Waals surface area contributed by atoms with E-state index in [1.54, 1.807) is 0 Å². The van der Waals surface area contributed by atoms with Crippen LogP contribution in [0.5, 0.6) is 0 Å². The quantitative estimate of drug-likeness (QED) is 0.638. The van der Waals surface area contributed by atoms with Crippen molar-refractivity contribution in [2.45, 2.75) is 58.9 Å². The molecule has 0 unspecified atom stereocenters. The lowest BCUT2D eigenvalue weighted by atomic mass is 10.0. The molecule has 0 radical (unpaired) electrons. The molecule has 14 heavy (non-hydrogen) atoms. The van der Waals surface area contributed by atoms with Gasteiger partial charge < -0.3 is 5.32 Å². The third-order valence-electron chi connectivity index (χ3n) is 2.21. The van der Waals surface area contributed by atoms with E-state index in [0.717, 1.165) is 19.3 Å². The molecule has 1 amide bonds. The van der Waals surface area contributed by atoms with Crippen molar-refractivity contribution in [3.8, 4) is 0 Å². The first kappa shape index (κ1) is 13.1. The van der Waals surface area contributed by atoms with E-state index in [1.165, 1.54) is 26.7 Å². The first-order chi connectivity index (χ1) is 6.57. The van der Waals surface area contributed by atoms with Crippen molar-refractivity contribution in [3.05, 3.63) is 0 Å². The number of carbonyl (C=O) groups excluding carboxylic acids is 2. The van der Waals surface area contributed by atoms with Crippen molar-refractivity contribution in [3.63, 3.8) is 0 Å². The summed E-state index contributed by atoms with van der Waals surface area (Å²) < 4.78 is 0. The average Bonchev–Trinajstić information content (AvgIpc) is 2.09. The number of unbranched alkanes of at least 4 members (excludes halogenated alkanes) is 3. The summed E-state index contributed by atoms with van der Waals surface area (Å²) in [6.45, 7) is 5.12. The largest absolute Gasteiger partial charge is 0.347 e. The number of rotatable bonds is 7. The second-order valence-electron chi connectivity index (χ2n) is 3.71. The van der Waals surface area contributed by atoms with Crippen LogP contribution in [0.1, 0.15) is 52.9 Å². The van der Waals surface area contributed by atoms with Crippen LogP contribution in [-0.4, -0.2) is 17.7 Å². The Morgan fingerprint density at radius 1 is 1.14 bits per heavy atom. The van der Waals surface area contributed by atoms with E-state index < -0.39 is 0 Å². The molecule has 0 aromatic heterocycles. The molecule has 0 aliphatic heterocycles. The van der Waals surface area contributed by atoms with Gasteiger partial charge in [-0.15, -0.1) is 0 Å². The highest BCUT2D eigenvalue weighted by Gasteiger charge is 2.13.